The first-order valence-corrected chi connectivity index (χ1v) is 8.12. The van der Waals surface area contributed by atoms with Gasteiger partial charge in [-0.25, -0.2) is 0 Å². The van der Waals surface area contributed by atoms with E-state index in [0.717, 1.165) is 5.76 Å². The average Bonchev–Trinajstić information content (AvgIpc) is 2.93. The molecule has 0 unspecified atom stereocenters. The maximum absolute atomic E-state index is 12.2. The van der Waals surface area contributed by atoms with E-state index < -0.39 is 5.76 Å². The summed E-state index contributed by atoms with van der Waals surface area (Å²) < 4.78 is 29.5. The van der Waals surface area contributed by atoms with E-state index >= 15 is 0 Å². The second-order valence-corrected chi connectivity index (χ2v) is 6.07. The van der Waals surface area contributed by atoms with Gasteiger partial charge in [-0.15, -0.1) is 11.8 Å². The van der Waals surface area contributed by atoms with Gasteiger partial charge in [0.15, 0.2) is 0 Å². The zero-order chi connectivity index (χ0) is 15.1. The summed E-state index contributed by atoms with van der Waals surface area (Å²) in [4.78, 5) is 12.2. The van der Waals surface area contributed by atoms with Crippen LogP contribution >= 0.6 is 23.5 Å². The molecule has 0 saturated heterocycles. The molecule has 0 bridgehead atoms. The Bertz CT molecular complexity index is 559. The Hall–Kier alpha value is -1.47. The van der Waals surface area contributed by atoms with Crippen LogP contribution in [0.2, 0.25) is 0 Å². The number of carbonyl (C=O) groups is 1. The third-order valence-corrected chi connectivity index (χ3v) is 4.10. The Morgan fingerprint density at radius 1 is 1.24 bits per heavy atom. The summed E-state index contributed by atoms with van der Waals surface area (Å²) in [5.74, 6) is -0.830. The van der Waals surface area contributed by atoms with Crippen molar-refractivity contribution in [2.45, 2.75) is 16.4 Å². The third-order valence-electron chi connectivity index (χ3n) is 2.42. The molecule has 112 valence electrons. The standard InChI is InChI=1S/C14H13F2NO2S2/c15-14(16)21-12-5-3-10(4-6-12)17-13(18)9-20-8-11-2-1-7-19-11/h1-7,14H,8-9H2,(H,17,18). The first-order chi connectivity index (χ1) is 10.1. The summed E-state index contributed by atoms with van der Waals surface area (Å²) in [7, 11) is 0. The fraction of sp³-hybridized carbons (Fsp3) is 0.214. The molecule has 1 amide bonds. The zero-order valence-corrected chi connectivity index (χ0v) is 12.6. The van der Waals surface area contributed by atoms with Gasteiger partial charge < -0.3 is 9.73 Å². The molecule has 21 heavy (non-hydrogen) atoms. The number of amides is 1. The molecule has 0 atom stereocenters. The maximum atomic E-state index is 12.2. The molecule has 0 spiro atoms. The van der Waals surface area contributed by atoms with Gasteiger partial charge in [0.1, 0.15) is 5.76 Å². The summed E-state index contributed by atoms with van der Waals surface area (Å²) in [6, 6.07) is 9.99. The van der Waals surface area contributed by atoms with Gasteiger partial charge in [0.05, 0.1) is 17.8 Å². The molecule has 1 N–H and O–H groups in total. The van der Waals surface area contributed by atoms with Crippen LogP contribution in [0.15, 0.2) is 52.0 Å². The van der Waals surface area contributed by atoms with Crippen molar-refractivity contribution in [3.05, 3.63) is 48.4 Å². The van der Waals surface area contributed by atoms with Gasteiger partial charge in [-0.1, -0.05) is 11.8 Å². The Balaban J connectivity index is 1.74. The molecule has 0 radical (unpaired) electrons. The van der Waals surface area contributed by atoms with E-state index in [1.807, 2.05) is 6.07 Å². The number of hydrogen-bond donors (Lipinski definition) is 1. The van der Waals surface area contributed by atoms with Crippen LogP contribution < -0.4 is 5.32 Å². The molecule has 0 aliphatic rings. The smallest absolute Gasteiger partial charge is 0.288 e. The van der Waals surface area contributed by atoms with E-state index in [0.29, 0.717) is 33.9 Å². The number of benzene rings is 1. The molecule has 7 heteroatoms. The van der Waals surface area contributed by atoms with Gasteiger partial charge in [0.2, 0.25) is 5.91 Å². The van der Waals surface area contributed by atoms with Crippen LogP contribution in [-0.4, -0.2) is 17.4 Å². The second kappa shape index (κ2) is 8.09. The number of alkyl halides is 2. The van der Waals surface area contributed by atoms with Gasteiger partial charge in [-0.05, 0) is 36.4 Å². The van der Waals surface area contributed by atoms with Gasteiger partial charge in [-0.3, -0.25) is 4.79 Å². The van der Waals surface area contributed by atoms with E-state index in [4.69, 9.17) is 4.42 Å². The Morgan fingerprint density at radius 2 is 2.00 bits per heavy atom. The van der Waals surface area contributed by atoms with E-state index in [1.165, 1.54) is 11.8 Å². The van der Waals surface area contributed by atoms with E-state index in [9.17, 15) is 13.6 Å². The number of anilines is 1. The maximum Gasteiger partial charge on any atom is 0.288 e. The molecule has 2 rings (SSSR count). The summed E-state index contributed by atoms with van der Waals surface area (Å²) in [5, 5.41) is 2.72. The fourth-order valence-corrected chi connectivity index (χ4v) is 2.78. The SMILES string of the molecule is O=C(CSCc1ccco1)Nc1ccc(SC(F)F)cc1. The van der Waals surface area contributed by atoms with Gasteiger partial charge in [-0.2, -0.15) is 8.78 Å². The lowest BCUT2D eigenvalue weighted by Crippen LogP contribution is -2.14. The number of nitrogens with one attached hydrogen (secondary N) is 1. The quantitative estimate of drug-likeness (QED) is 0.761. The normalized spacial score (nSPS) is 10.8. The molecule has 0 saturated carbocycles. The van der Waals surface area contributed by atoms with Crippen LogP contribution in [0.5, 0.6) is 0 Å². The van der Waals surface area contributed by atoms with Crippen molar-refractivity contribution in [3.63, 3.8) is 0 Å². The Morgan fingerprint density at radius 3 is 2.62 bits per heavy atom. The number of carbonyl (C=O) groups excluding carboxylic acids is 1. The molecule has 0 fully saturated rings. The van der Waals surface area contributed by atoms with E-state index in [2.05, 4.69) is 5.32 Å². The van der Waals surface area contributed by atoms with Crippen molar-refractivity contribution in [2.75, 3.05) is 11.1 Å². The lowest BCUT2D eigenvalue weighted by atomic mass is 10.3. The van der Waals surface area contributed by atoms with E-state index in [1.54, 1.807) is 36.6 Å². The van der Waals surface area contributed by atoms with Gasteiger partial charge in [0, 0.05) is 10.6 Å². The summed E-state index contributed by atoms with van der Waals surface area (Å²) >= 11 is 1.92. The monoisotopic (exact) mass is 329 g/mol. The first kappa shape index (κ1) is 15.9. The highest BCUT2D eigenvalue weighted by Crippen LogP contribution is 2.26. The number of hydrogen-bond acceptors (Lipinski definition) is 4. The molecule has 3 nitrogen and oxygen atoms in total. The van der Waals surface area contributed by atoms with Crippen molar-refractivity contribution >= 4 is 35.1 Å². The van der Waals surface area contributed by atoms with Crippen LogP contribution in [-0.2, 0) is 10.5 Å². The minimum absolute atomic E-state index is 0.138. The predicted molar refractivity (Wildman–Crippen MR) is 81.8 cm³/mol. The summed E-state index contributed by atoms with van der Waals surface area (Å²) in [5.41, 5.74) is 0.595. The lowest BCUT2D eigenvalue weighted by molar-refractivity contribution is -0.113. The molecular formula is C14H13F2NO2S2. The highest BCUT2D eigenvalue weighted by molar-refractivity contribution is 7.99. The molecule has 2 aromatic rings. The van der Waals surface area contributed by atoms with E-state index in [-0.39, 0.29) is 5.91 Å². The Labute approximate surface area is 129 Å². The van der Waals surface area contributed by atoms with Crippen molar-refractivity contribution in [2.24, 2.45) is 0 Å². The third kappa shape index (κ3) is 5.81. The fourth-order valence-electron chi connectivity index (χ4n) is 1.56. The average molecular weight is 329 g/mol. The summed E-state index contributed by atoms with van der Waals surface area (Å²) in [6.07, 6.45) is 1.59. The topological polar surface area (TPSA) is 42.2 Å². The van der Waals surface area contributed by atoms with Crippen LogP contribution in [0.1, 0.15) is 5.76 Å². The van der Waals surface area contributed by atoms with Crippen molar-refractivity contribution in [1.29, 1.82) is 0 Å². The van der Waals surface area contributed by atoms with Crippen molar-refractivity contribution in [1.82, 2.24) is 0 Å². The number of thioether (sulfide) groups is 2. The molecular weight excluding hydrogens is 316 g/mol. The number of halogens is 2. The van der Waals surface area contributed by atoms with Crippen LogP contribution in [0.25, 0.3) is 0 Å². The van der Waals surface area contributed by atoms with Crippen molar-refractivity contribution in [3.8, 4) is 0 Å². The summed E-state index contributed by atoms with van der Waals surface area (Å²) in [6.45, 7) is 0. The van der Waals surface area contributed by atoms with Crippen LogP contribution in [0.3, 0.4) is 0 Å². The number of furan rings is 1. The molecule has 0 aliphatic carbocycles. The predicted octanol–water partition coefficient (Wildman–Crippen LogP) is 4.47. The largest absolute Gasteiger partial charge is 0.468 e. The second-order valence-electron chi connectivity index (χ2n) is 4.02. The van der Waals surface area contributed by atoms with Crippen LogP contribution in [0.4, 0.5) is 14.5 Å². The minimum atomic E-state index is -2.44. The molecule has 1 aromatic carbocycles. The number of rotatable bonds is 7. The first-order valence-electron chi connectivity index (χ1n) is 6.08. The minimum Gasteiger partial charge on any atom is -0.468 e. The lowest BCUT2D eigenvalue weighted by Gasteiger charge is -2.06. The Kier molecular flexibility index (Phi) is 6.13. The molecule has 1 aromatic heterocycles. The van der Waals surface area contributed by atoms with Crippen LogP contribution in [0, 0.1) is 0 Å². The van der Waals surface area contributed by atoms with Crippen molar-refractivity contribution < 1.29 is 18.0 Å². The highest BCUT2D eigenvalue weighted by Gasteiger charge is 2.07. The van der Waals surface area contributed by atoms with Gasteiger partial charge >= 0.3 is 0 Å². The van der Waals surface area contributed by atoms with Gasteiger partial charge in [0.25, 0.3) is 5.76 Å². The zero-order valence-electron chi connectivity index (χ0n) is 10.9. The molecule has 1 heterocycles. The molecule has 0 aliphatic heterocycles. The highest BCUT2D eigenvalue weighted by atomic mass is 32.2.